The fraction of sp³-hybridized carbons (Fsp3) is 0.533. The molecule has 19 heavy (non-hydrogen) atoms. The summed E-state index contributed by atoms with van der Waals surface area (Å²) < 4.78 is 6.50. The quantitative estimate of drug-likeness (QED) is 0.691. The highest BCUT2D eigenvalue weighted by atomic mass is 79.9. The van der Waals surface area contributed by atoms with E-state index in [1.807, 2.05) is 6.92 Å². The molecule has 0 aliphatic carbocycles. The first-order chi connectivity index (χ1) is 9.02. The van der Waals surface area contributed by atoms with Gasteiger partial charge in [0, 0.05) is 4.47 Å². The van der Waals surface area contributed by atoms with Crippen molar-refractivity contribution in [3.8, 4) is 5.75 Å². The lowest BCUT2D eigenvalue weighted by atomic mass is 10.1. The molecular formula is C15H21BrO3. The average molecular weight is 329 g/mol. The van der Waals surface area contributed by atoms with Gasteiger partial charge in [-0.15, -0.1) is 0 Å². The number of unbranched alkanes of at least 4 members (excludes halogenated alkanes) is 3. The molecule has 4 heteroatoms. The molecule has 106 valence electrons. The molecule has 1 atom stereocenters. The van der Waals surface area contributed by atoms with Crippen molar-refractivity contribution in [2.45, 2.75) is 52.1 Å². The van der Waals surface area contributed by atoms with Gasteiger partial charge in [-0.05, 0) is 38.0 Å². The molecule has 0 aromatic heterocycles. The van der Waals surface area contributed by atoms with Crippen molar-refractivity contribution in [2.75, 3.05) is 0 Å². The predicted octanol–water partition coefficient (Wildman–Crippen LogP) is 4.89. The van der Waals surface area contributed by atoms with Gasteiger partial charge in [-0.2, -0.15) is 0 Å². The zero-order valence-corrected chi connectivity index (χ0v) is 13.1. The van der Waals surface area contributed by atoms with E-state index in [0.29, 0.717) is 5.75 Å². The van der Waals surface area contributed by atoms with Crippen LogP contribution in [-0.4, -0.2) is 17.2 Å². The number of carboxylic acids is 1. The summed E-state index contributed by atoms with van der Waals surface area (Å²) in [6.45, 7) is 4.21. The Kier molecular flexibility index (Phi) is 6.92. The molecule has 0 heterocycles. The van der Waals surface area contributed by atoms with Gasteiger partial charge in [-0.25, -0.2) is 4.79 Å². The molecule has 1 unspecified atom stereocenters. The fourth-order valence-electron chi connectivity index (χ4n) is 1.90. The Labute approximate surface area is 123 Å². The third-order valence-corrected chi connectivity index (χ3v) is 3.38. The van der Waals surface area contributed by atoms with Crippen LogP contribution in [0, 0.1) is 0 Å². The summed E-state index contributed by atoms with van der Waals surface area (Å²) in [6.07, 6.45) is 5.95. The van der Waals surface area contributed by atoms with E-state index < -0.39 is 5.97 Å². The molecule has 1 rings (SSSR count). The molecule has 0 spiro atoms. The molecule has 1 aromatic rings. The minimum atomic E-state index is -0.943. The summed E-state index contributed by atoms with van der Waals surface area (Å²) >= 11 is 3.30. The lowest BCUT2D eigenvalue weighted by Gasteiger charge is -2.15. The van der Waals surface area contributed by atoms with E-state index in [-0.39, 0.29) is 11.7 Å². The van der Waals surface area contributed by atoms with Gasteiger partial charge in [0.2, 0.25) is 0 Å². The van der Waals surface area contributed by atoms with Crippen molar-refractivity contribution < 1.29 is 14.6 Å². The zero-order valence-electron chi connectivity index (χ0n) is 11.5. The number of rotatable bonds is 8. The van der Waals surface area contributed by atoms with E-state index in [0.717, 1.165) is 17.3 Å². The van der Waals surface area contributed by atoms with Gasteiger partial charge < -0.3 is 9.84 Å². The van der Waals surface area contributed by atoms with Gasteiger partial charge in [0.05, 0.1) is 11.7 Å². The second-order valence-corrected chi connectivity index (χ2v) is 5.67. The molecule has 0 amide bonds. The van der Waals surface area contributed by atoms with Crippen molar-refractivity contribution in [2.24, 2.45) is 0 Å². The van der Waals surface area contributed by atoms with E-state index >= 15 is 0 Å². The summed E-state index contributed by atoms with van der Waals surface area (Å²) in [5.41, 5.74) is 0.238. The number of carboxylic acid groups (broad SMARTS) is 1. The van der Waals surface area contributed by atoms with Crippen LogP contribution < -0.4 is 4.74 Å². The summed E-state index contributed by atoms with van der Waals surface area (Å²) in [6, 6.07) is 4.94. The van der Waals surface area contributed by atoms with Crippen molar-refractivity contribution in [3.63, 3.8) is 0 Å². The van der Waals surface area contributed by atoms with Crippen LogP contribution in [0.25, 0.3) is 0 Å². The highest BCUT2D eigenvalue weighted by Crippen LogP contribution is 2.23. The van der Waals surface area contributed by atoms with Gasteiger partial charge >= 0.3 is 5.97 Å². The number of hydrogen-bond acceptors (Lipinski definition) is 2. The van der Waals surface area contributed by atoms with Crippen molar-refractivity contribution >= 4 is 21.9 Å². The van der Waals surface area contributed by atoms with E-state index in [9.17, 15) is 4.79 Å². The molecule has 0 aliphatic heterocycles. The lowest BCUT2D eigenvalue weighted by molar-refractivity contribution is 0.0696. The average Bonchev–Trinajstić information content (AvgIpc) is 2.34. The van der Waals surface area contributed by atoms with Gasteiger partial charge in [-0.1, -0.05) is 42.1 Å². The molecule has 1 N–H and O–H groups in total. The van der Waals surface area contributed by atoms with Gasteiger partial charge in [0.25, 0.3) is 0 Å². The second-order valence-electron chi connectivity index (χ2n) is 4.76. The topological polar surface area (TPSA) is 46.5 Å². The van der Waals surface area contributed by atoms with E-state index in [4.69, 9.17) is 9.84 Å². The van der Waals surface area contributed by atoms with Gasteiger partial charge in [0.1, 0.15) is 5.75 Å². The van der Waals surface area contributed by atoms with Crippen molar-refractivity contribution in [1.29, 1.82) is 0 Å². The monoisotopic (exact) mass is 328 g/mol. The van der Waals surface area contributed by atoms with E-state index in [2.05, 4.69) is 22.9 Å². The standard InChI is InChI=1S/C15H21BrO3/c1-3-4-5-6-7-11(2)19-14-9-12(15(17)18)8-13(16)10-14/h8-11H,3-7H2,1-2H3,(H,17,18). The molecule has 0 saturated carbocycles. The van der Waals surface area contributed by atoms with Crippen LogP contribution in [0.1, 0.15) is 56.3 Å². The molecule has 1 aromatic carbocycles. The third kappa shape index (κ3) is 6.10. The molecule has 0 fully saturated rings. The van der Waals surface area contributed by atoms with Crippen LogP contribution in [0.2, 0.25) is 0 Å². The largest absolute Gasteiger partial charge is 0.491 e. The first-order valence-corrected chi connectivity index (χ1v) is 7.52. The predicted molar refractivity (Wildman–Crippen MR) is 80.0 cm³/mol. The van der Waals surface area contributed by atoms with Crippen LogP contribution >= 0.6 is 15.9 Å². The fourth-order valence-corrected chi connectivity index (χ4v) is 2.38. The number of aromatic carboxylic acids is 1. The van der Waals surface area contributed by atoms with Crippen LogP contribution in [-0.2, 0) is 0 Å². The maximum Gasteiger partial charge on any atom is 0.335 e. The van der Waals surface area contributed by atoms with Crippen LogP contribution in [0.3, 0.4) is 0 Å². The second kappa shape index (κ2) is 8.20. The highest BCUT2D eigenvalue weighted by molar-refractivity contribution is 9.10. The number of benzene rings is 1. The molecule has 0 bridgehead atoms. The SMILES string of the molecule is CCCCCCC(C)Oc1cc(Br)cc(C(=O)O)c1. The molecule has 0 aliphatic rings. The highest BCUT2D eigenvalue weighted by Gasteiger charge is 2.09. The first-order valence-electron chi connectivity index (χ1n) is 6.73. The van der Waals surface area contributed by atoms with E-state index in [1.54, 1.807) is 18.2 Å². The van der Waals surface area contributed by atoms with Crippen molar-refractivity contribution in [3.05, 3.63) is 28.2 Å². The van der Waals surface area contributed by atoms with Crippen LogP contribution in [0.15, 0.2) is 22.7 Å². The number of hydrogen-bond donors (Lipinski definition) is 1. The zero-order chi connectivity index (χ0) is 14.3. The number of carbonyl (C=O) groups is 1. The maximum atomic E-state index is 11.0. The van der Waals surface area contributed by atoms with Gasteiger partial charge in [0.15, 0.2) is 0 Å². The number of ether oxygens (including phenoxy) is 1. The first kappa shape index (κ1) is 16.0. The minimum absolute atomic E-state index is 0.104. The Balaban J connectivity index is 2.53. The summed E-state index contributed by atoms with van der Waals surface area (Å²) in [5, 5.41) is 8.99. The summed E-state index contributed by atoms with van der Waals surface area (Å²) in [5.74, 6) is -0.337. The third-order valence-electron chi connectivity index (χ3n) is 2.92. The number of halogens is 1. The Bertz CT molecular complexity index is 418. The Morgan fingerprint density at radius 1 is 1.32 bits per heavy atom. The van der Waals surface area contributed by atoms with Crippen molar-refractivity contribution in [1.82, 2.24) is 0 Å². The normalized spacial score (nSPS) is 12.2. The Morgan fingerprint density at radius 2 is 2.05 bits per heavy atom. The molecule has 3 nitrogen and oxygen atoms in total. The molecule has 0 saturated heterocycles. The minimum Gasteiger partial charge on any atom is -0.491 e. The molecule has 0 radical (unpaired) electrons. The lowest BCUT2D eigenvalue weighted by Crippen LogP contribution is -2.12. The van der Waals surface area contributed by atoms with Crippen LogP contribution in [0.4, 0.5) is 0 Å². The van der Waals surface area contributed by atoms with E-state index in [1.165, 1.54) is 19.3 Å². The van der Waals surface area contributed by atoms with Gasteiger partial charge in [-0.3, -0.25) is 0 Å². The summed E-state index contributed by atoms with van der Waals surface area (Å²) in [4.78, 5) is 11.0. The molecular weight excluding hydrogens is 308 g/mol. The Morgan fingerprint density at radius 3 is 2.68 bits per heavy atom. The maximum absolute atomic E-state index is 11.0. The Hall–Kier alpha value is -1.03. The van der Waals surface area contributed by atoms with Crippen LogP contribution in [0.5, 0.6) is 5.75 Å². The smallest absolute Gasteiger partial charge is 0.335 e. The summed E-state index contributed by atoms with van der Waals surface area (Å²) in [7, 11) is 0.